The van der Waals surface area contributed by atoms with Crippen molar-refractivity contribution in [3.8, 4) is 0 Å². The van der Waals surface area contributed by atoms with E-state index in [1.807, 2.05) is 22.6 Å². The van der Waals surface area contributed by atoms with E-state index >= 15 is 0 Å². The van der Waals surface area contributed by atoms with Crippen LogP contribution in [0.3, 0.4) is 0 Å². The molecule has 0 bridgehead atoms. The highest BCUT2D eigenvalue weighted by atomic mass is 127. The van der Waals surface area contributed by atoms with Crippen LogP contribution in [-0.4, -0.2) is 25.9 Å². The number of amides is 1. The molecular formula is C15H11F3IN5O. The molecule has 0 aliphatic heterocycles. The Bertz CT molecular complexity index is 902. The molecule has 6 nitrogen and oxygen atoms in total. The highest BCUT2D eigenvalue weighted by Gasteiger charge is 2.30. The summed E-state index contributed by atoms with van der Waals surface area (Å²) in [6.07, 6.45) is 0.100. The number of carbonyl (C=O) groups excluding carboxylic acids is 1. The number of carbonyl (C=O) groups is 1. The van der Waals surface area contributed by atoms with Crippen molar-refractivity contribution in [3.63, 3.8) is 0 Å². The molecule has 1 aromatic carbocycles. The Balaban J connectivity index is 1.70. The number of halogens is 4. The van der Waals surface area contributed by atoms with E-state index in [9.17, 15) is 18.0 Å². The van der Waals surface area contributed by atoms with Gasteiger partial charge < -0.3 is 5.32 Å². The van der Waals surface area contributed by atoms with E-state index in [4.69, 9.17) is 0 Å². The molecule has 0 unspecified atom stereocenters. The van der Waals surface area contributed by atoms with Crippen LogP contribution in [0.5, 0.6) is 0 Å². The molecule has 2 heterocycles. The number of benzene rings is 1. The molecule has 2 N–H and O–H groups in total. The van der Waals surface area contributed by atoms with Gasteiger partial charge in [-0.3, -0.25) is 14.6 Å². The monoisotopic (exact) mass is 461 g/mol. The van der Waals surface area contributed by atoms with Crippen molar-refractivity contribution in [2.45, 2.75) is 12.7 Å². The number of aromatic nitrogens is 4. The summed E-state index contributed by atoms with van der Waals surface area (Å²) in [5.41, 5.74) is 0.507. The molecule has 1 amide bonds. The number of nitrogens with one attached hydrogen (secondary N) is 2. The smallest absolute Gasteiger partial charge is 0.318 e. The Labute approximate surface area is 153 Å². The van der Waals surface area contributed by atoms with Crippen molar-refractivity contribution >= 4 is 34.2 Å². The highest BCUT2D eigenvalue weighted by molar-refractivity contribution is 14.1. The summed E-state index contributed by atoms with van der Waals surface area (Å²) in [5.74, 6) is -0.375. The summed E-state index contributed by atoms with van der Waals surface area (Å²) in [5, 5.41) is 13.1. The maximum Gasteiger partial charge on any atom is 0.416 e. The van der Waals surface area contributed by atoms with Crippen molar-refractivity contribution in [1.29, 1.82) is 0 Å². The number of anilines is 1. The van der Waals surface area contributed by atoms with Gasteiger partial charge in [-0.25, -0.2) is 0 Å². The molecule has 0 aliphatic rings. The number of aromatic amines is 1. The summed E-state index contributed by atoms with van der Waals surface area (Å²) in [7, 11) is 0. The lowest BCUT2D eigenvalue weighted by Gasteiger charge is -2.08. The molecule has 0 atom stereocenters. The number of nitrogens with zero attached hydrogens (tertiary/aromatic N) is 3. The van der Waals surface area contributed by atoms with Crippen molar-refractivity contribution in [2.24, 2.45) is 0 Å². The minimum absolute atomic E-state index is 0.154. The van der Waals surface area contributed by atoms with Crippen molar-refractivity contribution in [1.82, 2.24) is 20.0 Å². The quantitative estimate of drug-likeness (QED) is 0.584. The summed E-state index contributed by atoms with van der Waals surface area (Å²) < 4.78 is 40.3. The first-order valence-electron chi connectivity index (χ1n) is 7.02. The molecule has 3 rings (SSSR count). The van der Waals surface area contributed by atoms with E-state index in [0.29, 0.717) is 20.5 Å². The summed E-state index contributed by atoms with van der Waals surface area (Å²) in [6.45, 7) is 0.154. The van der Waals surface area contributed by atoms with E-state index < -0.39 is 11.7 Å². The van der Waals surface area contributed by atoms with Gasteiger partial charge in [-0.15, -0.1) is 0 Å². The van der Waals surface area contributed by atoms with Gasteiger partial charge in [0.25, 0.3) is 5.91 Å². The largest absolute Gasteiger partial charge is 0.416 e. The zero-order valence-electron chi connectivity index (χ0n) is 12.5. The number of hydrogen-bond donors (Lipinski definition) is 2. The van der Waals surface area contributed by atoms with E-state index in [2.05, 4.69) is 20.6 Å². The molecule has 0 fully saturated rings. The minimum atomic E-state index is -4.39. The molecular weight excluding hydrogens is 450 g/mol. The van der Waals surface area contributed by atoms with Crippen molar-refractivity contribution in [2.75, 3.05) is 5.32 Å². The summed E-state index contributed by atoms with van der Waals surface area (Å²) >= 11 is 1.98. The second kappa shape index (κ2) is 6.86. The zero-order chi connectivity index (χ0) is 18.0. The fourth-order valence-corrected chi connectivity index (χ4v) is 2.68. The first-order chi connectivity index (χ1) is 11.8. The second-order valence-electron chi connectivity index (χ2n) is 5.17. The van der Waals surface area contributed by atoms with Crippen LogP contribution in [0.25, 0.3) is 0 Å². The maximum atomic E-state index is 12.7. The van der Waals surface area contributed by atoms with Crippen molar-refractivity contribution in [3.05, 3.63) is 63.2 Å². The van der Waals surface area contributed by atoms with Gasteiger partial charge >= 0.3 is 6.18 Å². The molecule has 25 heavy (non-hydrogen) atoms. The average Bonchev–Trinajstić information content (AvgIpc) is 3.16. The molecule has 0 radical (unpaired) electrons. The normalized spacial score (nSPS) is 11.5. The van der Waals surface area contributed by atoms with E-state index in [1.54, 1.807) is 12.3 Å². The van der Waals surface area contributed by atoms with Crippen LogP contribution in [0.15, 0.2) is 42.9 Å². The van der Waals surface area contributed by atoms with Gasteiger partial charge in [-0.05, 0) is 40.3 Å². The average molecular weight is 461 g/mol. The summed E-state index contributed by atoms with van der Waals surface area (Å²) in [6, 6.07) is 5.03. The van der Waals surface area contributed by atoms with Crippen LogP contribution in [0, 0.1) is 3.57 Å². The van der Waals surface area contributed by atoms with Gasteiger partial charge in [0, 0.05) is 6.20 Å². The molecule has 10 heteroatoms. The van der Waals surface area contributed by atoms with Crippen LogP contribution in [0.1, 0.15) is 21.6 Å². The van der Waals surface area contributed by atoms with Crippen LogP contribution in [0.2, 0.25) is 0 Å². The highest BCUT2D eigenvalue weighted by Crippen LogP contribution is 2.29. The number of rotatable bonds is 4. The first-order valence-corrected chi connectivity index (χ1v) is 8.09. The molecule has 0 saturated heterocycles. The predicted octanol–water partition coefficient (Wildman–Crippen LogP) is 3.53. The van der Waals surface area contributed by atoms with Gasteiger partial charge in [0.1, 0.15) is 5.69 Å². The van der Waals surface area contributed by atoms with Gasteiger partial charge in [-0.1, -0.05) is 12.1 Å². The lowest BCUT2D eigenvalue weighted by Crippen LogP contribution is -2.13. The van der Waals surface area contributed by atoms with Gasteiger partial charge in [-0.2, -0.15) is 23.4 Å². The SMILES string of the molecule is O=C(Nc1cnn(Cc2cccc(C(F)(F)F)c2)c1)c1[nH]ncc1I. The Morgan fingerprint density at radius 2 is 2.12 bits per heavy atom. The van der Waals surface area contributed by atoms with Crippen LogP contribution in [-0.2, 0) is 12.7 Å². The lowest BCUT2D eigenvalue weighted by molar-refractivity contribution is -0.137. The fourth-order valence-electron chi connectivity index (χ4n) is 2.17. The molecule has 0 aliphatic carbocycles. The molecule has 3 aromatic rings. The van der Waals surface area contributed by atoms with E-state index in [-0.39, 0.29) is 12.5 Å². The fraction of sp³-hybridized carbons (Fsp3) is 0.133. The van der Waals surface area contributed by atoms with Gasteiger partial charge in [0.2, 0.25) is 0 Å². The molecule has 130 valence electrons. The molecule has 0 saturated carbocycles. The van der Waals surface area contributed by atoms with Crippen LogP contribution < -0.4 is 5.32 Å². The predicted molar refractivity (Wildman–Crippen MR) is 92.0 cm³/mol. The minimum Gasteiger partial charge on any atom is -0.318 e. The topological polar surface area (TPSA) is 75.6 Å². The van der Waals surface area contributed by atoms with E-state index in [1.165, 1.54) is 23.1 Å². The molecule has 0 spiro atoms. The van der Waals surface area contributed by atoms with Gasteiger partial charge in [0.05, 0.1) is 33.8 Å². The third-order valence-electron chi connectivity index (χ3n) is 3.31. The van der Waals surface area contributed by atoms with Crippen LogP contribution >= 0.6 is 22.6 Å². The third-order valence-corrected chi connectivity index (χ3v) is 4.13. The lowest BCUT2D eigenvalue weighted by atomic mass is 10.1. The molecule has 2 aromatic heterocycles. The Morgan fingerprint density at radius 1 is 1.32 bits per heavy atom. The number of H-pyrrole nitrogens is 1. The van der Waals surface area contributed by atoms with Crippen molar-refractivity contribution < 1.29 is 18.0 Å². The third kappa shape index (κ3) is 4.18. The Morgan fingerprint density at radius 3 is 2.80 bits per heavy atom. The van der Waals surface area contributed by atoms with Crippen LogP contribution in [0.4, 0.5) is 18.9 Å². The first kappa shape index (κ1) is 17.5. The number of hydrogen-bond acceptors (Lipinski definition) is 3. The second-order valence-corrected chi connectivity index (χ2v) is 6.33. The Hall–Kier alpha value is -2.37. The van der Waals surface area contributed by atoms with Gasteiger partial charge in [0.15, 0.2) is 0 Å². The zero-order valence-corrected chi connectivity index (χ0v) is 14.7. The standard InChI is InChI=1S/C15H11F3IN5O/c16-15(17,18)10-3-1-2-9(4-10)7-24-8-11(5-21-24)22-14(25)13-12(19)6-20-23-13/h1-6,8H,7H2,(H,20,23)(H,22,25). The Kier molecular flexibility index (Phi) is 4.79. The summed E-state index contributed by atoms with van der Waals surface area (Å²) in [4.78, 5) is 12.1. The van der Waals surface area contributed by atoms with E-state index in [0.717, 1.165) is 12.1 Å². The number of alkyl halides is 3. The maximum absolute atomic E-state index is 12.7.